The first-order chi connectivity index (χ1) is 11.4. The van der Waals surface area contributed by atoms with Gasteiger partial charge in [-0.25, -0.2) is 4.98 Å². The highest BCUT2D eigenvalue weighted by atomic mass is 32.1. The Labute approximate surface area is 148 Å². The van der Waals surface area contributed by atoms with Gasteiger partial charge in [0.1, 0.15) is 0 Å². The lowest BCUT2D eigenvalue weighted by atomic mass is 9.86. The normalized spacial score (nSPS) is 12.2. The van der Waals surface area contributed by atoms with Gasteiger partial charge in [0.15, 0.2) is 4.96 Å². The van der Waals surface area contributed by atoms with Gasteiger partial charge in [0, 0.05) is 17.0 Å². The van der Waals surface area contributed by atoms with E-state index in [-0.39, 0.29) is 5.41 Å². The van der Waals surface area contributed by atoms with Crippen LogP contribution in [0.3, 0.4) is 0 Å². The van der Waals surface area contributed by atoms with Crippen LogP contribution in [0.1, 0.15) is 49.5 Å². The molecule has 0 spiro atoms. The molecule has 0 aliphatic rings. The van der Waals surface area contributed by atoms with E-state index in [9.17, 15) is 0 Å². The molecule has 128 valence electrons. The van der Waals surface area contributed by atoms with Crippen LogP contribution in [0.25, 0.3) is 16.2 Å². The molecule has 0 bridgehead atoms. The molecule has 24 heavy (non-hydrogen) atoms. The van der Waals surface area contributed by atoms with E-state index in [0.29, 0.717) is 6.54 Å². The van der Waals surface area contributed by atoms with Gasteiger partial charge in [0.2, 0.25) is 0 Å². The Morgan fingerprint density at radius 3 is 2.38 bits per heavy atom. The van der Waals surface area contributed by atoms with Crippen molar-refractivity contribution in [1.29, 1.82) is 0 Å². The fourth-order valence-corrected chi connectivity index (χ4v) is 4.35. The number of rotatable bonds is 4. The average molecular weight is 342 g/mol. The van der Waals surface area contributed by atoms with E-state index in [1.807, 2.05) is 0 Å². The fourth-order valence-electron chi connectivity index (χ4n) is 3.20. The van der Waals surface area contributed by atoms with Gasteiger partial charge in [-0.3, -0.25) is 4.40 Å². The maximum atomic E-state index is 5.84. The van der Waals surface area contributed by atoms with E-state index in [0.717, 1.165) is 23.5 Å². The zero-order valence-corrected chi connectivity index (χ0v) is 16.1. The van der Waals surface area contributed by atoms with Crippen LogP contribution in [0.15, 0.2) is 24.3 Å². The highest BCUT2D eigenvalue weighted by Gasteiger charge is 2.20. The molecule has 0 saturated heterocycles. The van der Waals surface area contributed by atoms with Crippen LogP contribution in [0.5, 0.6) is 0 Å². The fraction of sp³-hybridized carbons (Fsp3) is 0.450. The molecule has 2 heterocycles. The van der Waals surface area contributed by atoms with Crippen molar-refractivity contribution >= 4 is 16.3 Å². The van der Waals surface area contributed by atoms with Crippen LogP contribution >= 0.6 is 11.3 Å². The SMILES string of the molecule is CCc1sc2nc(C)c(CCN)n2c1-c1ccc(C(C)(C)C)cc1. The second-order valence-electron chi connectivity index (χ2n) is 7.36. The van der Waals surface area contributed by atoms with E-state index < -0.39 is 0 Å². The summed E-state index contributed by atoms with van der Waals surface area (Å²) >= 11 is 1.80. The van der Waals surface area contributed by atoms with Crippen molar-refractivity contribution in [3.63, 3.8) is 0 Å². The standard InChI is InChI=1S/C20H27N3S/c1-6-17-18(14-7-9-15(10-8-14)20(3,4)5)23-16(11-12-21)13(2)22-19(23)24-17/h7-10H,6,11-12,21H2,1-5H3. The number of aryl methyl sites for hydroxylation is 2. The Bertz CT molecular complexity index is 848. The lowest BCUT2D eigenvalue weighted by molar-refractivity contribution is 0.590. The zero-order chi connectivity index (χ0) is 17.5. The second-order valence-corrected chi connectivity index (χ2v) is 8.42. The minimum atomic E-state index is 0.173. The first-order valence-corrected chi connectivity index (χ1v) is 9.49. The Morgan fingerprint density at radius 1 is 1.17 bits per heavy atom. The number of fused-ring (bicyclic) bond motifs is 1. The number of imidazole rings is 1. The second kappa shape index (κ2) is 6.34. The Balaban J connectivity index is 2.20. The van der Waals surface area contributed by atoms with Crippen molar-refractivity contribution in [1.82, 2.24) is 9.38 Å². The maximum absolute atomic E-state index is 5.84. The average Bonchev–Trinajstić information content (AvgIpc) is 3.03. The van der Waals surface area contributed by atoms with Crippen molar-refractivity contribution in [2.45, 2.75) is 52.9 Å². The molecule has 0 saturated carbocycles. The maximum Gasteiger partial charge on any atom is 0.194 e. The molecule has 3 nitrogen and oxygen atoms in total. The summed E-state index contributed by atoms with van der Waals surface area (Å²) in [6, 6.07) is 9.01. The molecule has 3 rings (SSSR count). The molecule has 1 aromatic carbocycles. The lowest BCUT2D eigenvalue weighted by Gasteiger charge is -2.19. The van der Waals surface area contributed by atoms with Crippen LogP contribution in [0.4, 0.5) is 0 Å². The van der Waals surface area contributed by atoms with E-state index in [1.54, 1.807) is 11.3 Å². The topological polar surface area (TPSA) is 43.3 Å². The number of benzene rings is 1. The summed E-state index contributed by atoms with van der Waals surface area (Å²) in [4.78, 5) is 7.24. The van der Waals surface area contributed by atoms with Crippen LogP contribution in [0, 0.1) is 6.92 Å². The highest BCUT2D eigenvalue weighted by Crippen LogP contribution is 2.35. The number of hydrogen-bond acceptors (Lipinski definition) is 3. The largest absolute Gasteiger partial charge is 0.330 e. The molecule has 0 fully saturated rings. The first kappa shape index (κ1) is 17.2. The molecule has 3 aromatic rings. The Hall–Kier alpha value is -1.65. The molecule has 2 aromatic heterocycles. The third kappa shape index (κ3) is 2.89. The van der Waals surface area contributed by atoms with Crippen LogP contribution in [0.2, 0.25) is 0 Å². The molecule has 2 N–H and O–H groups in total. The number of thiazole rings is 1. The zero-order valence-electron chi connectivity index (χ0n) is 15.3. The molecule has 0 unspecified atom stereocenters. The number of nitrogens with two attached hydrogens (primary N) is 1. The minimum absolute atomic E-state index is 0.173. The molecule has 0 aliphatic carbocycles. The van der Waals surface area contributed by atoms with Gasteiger partial charge in [-0.2, -0.15) is 0 Å². The molecule has 0 atom stereocenters. The molecule has 0 aliphatic heterocycles. The predicted octanol–water partition coefficient (Wildman–Crippen LogP) is 4.73. The molecule has 0 amide bonds. The number of aromatic nitrogens is 2. The molecular weight excluding hydrogens is 314 g/mol. The summed E-state index contributed by atoms with van der Waals surface area (Å²) in [6.45, 7) is 11.7. The van der Waals surface area contributed by atoms with Crippen LogP contribution < -0.4 is 5.73 Å². The lowest BCUT2D eigenvalue weighted by Crippen LogP contribution is -2.10. The van der Waals surface area contributed by atoms with E-state index in [2.05, 4.69) is 63.3 Å². The van der Waals surface area contributed by atoms with Gasteiger partial charge >= 0.3 is 0 Å². The van der Waals surface area contributed by atoms with Gasteiger partial charge in [0.05, 0.1) is 11.4 Å². The smallest absolute Gasteiger partial charge is 0.194 e. The monoisotopic (exact) mass is 341 g/mol. The first-order valence-electron chi connectivity index (χ1n) is 8.67. The number of hydrogen-bond donors (Lipinski definition) is 1. The number of nitrogens with zero attached hydrogens (tertiary/aromatic N) is 2. The third-order valence-electron chi connectivity index (χ3n) is 4.57. The quantitative estimate of drug-likeness (QED) is 0.745. The molecule has 4 heteroatoms. The van der Waals surface area contributed by atoms with Gasteiger partial charge in [-0.05, 0) is 36.4 Å². The van der Waals surface area contributed by atoms with Gasteiger partial charge in [0.25, 0.3) is 0 Å². The Kier molecular flexibility index (Phi) is 4.54. The van der Waals surface area contributed by atoms with Crippen molar-refractivity contribution in [3.8, 4) is 11.3 Å². The van der Waals surface area contributed by atoms with E-state index in [4.69, 9.17) is 10.7 Å². The van der Waals surface area contributed by atoms with E-state index >= 15 is 0 Å². The van der Waals surface area contributed by atoms with Crippen molar-refractivity contribution in [3.05, 3.63) is 46.1 Å². The molecule has 0 radical (unpaired) electrons. The van der Waals surface area contributed by atoms with Crippen molar-refractivity contribution in [2.75, 3.05) is 6.54 Å². The van der Waals surface area contributed by atoms with Crippen LogP contribution in [-0.2, 0) is 18.3 Å². The summed E-state index contributed by atoms with van der Waals surface area (Å²) in [6.07, 6.45) is 1.88. The highest BCUT2D eigenvalue weighted by molar-refractivity contribution is 7.17. The van der Waals surface area contributed by atoms with Gasteiger partial charge < -0.3 is 5.73 Å². The van der Waals surface area contributed by atoms with Gasteiger partial charge in [-0.1, -0.05) is 52.0 Å². The third-order valence-corrected chi connectivity index (χ3v) is 5.76. The van der Waals surface area contributed by atoms with Crippen molar-refractivity contribution in [2.24, 2.45) is 5.73 Å². The van der Waals surface area contributed by atoms with E-state index in [1.165, 1.54) is 27.4 Å². The summed E-state index contributed by atoms with van der Waals surface area (Å²) in [5.74, 6) is 0. The van der Waals surface area contributed by atoms with Gasteiger partial charge in [-0.15, -0.1) is 11.3 Å². The summed E-state index contributed by atoms with van der Waals surface area (Å²) in [7, 11) is 0. The molecular formula is C20H27N3S. The summed E-state index contributed by atoms with van der Waals surface area (Å²) in [5, 5.41) is 0. The summed E-state index contributed by atoms with van der Waals surface area (Å²) in [5.41, 5.74) is 12.3. The van der Waals surface area contributed by atoms with Crippen LogP contribution in [-0.4, -0.2) is 15.9 Å². The predicted molar refractivity (Wildman–Crippen MR) is 104 cm³/mol. The minimum Gasteiger partial charge on any atom is -0.330 e. The van der Waals surface area contributed by atoms with Crippen molar-refractivity contribution < 1.29 is 0 Å². The Morgan fingerprint density at radius 2 is 1.83 bits per heavy atom. The summed E-state index contributed by atoms with van der Waals surface area (Å²) < 4.78 is 2.33.